The number of halogens is 2. The van der Waals surface area contributed by atoms with Crippen LogP contribution in [0.15, 0.2) is 33.6 Å². The zero-order valence-corrected chi connectivity index (χ0v) is 14.4. The topological polar surface area (TPSA) is 37.8 Å². The molecule has 1 aromatic heterocycles. The molecule has 21 heavy (non-hydrogen) atoms. The van der Waals surface area contributed by atoms with Gasteiger partial charge >= 0.3 is 0 Å². The van der Waals surface area contributed by atoms with Crippen LogP contribution in [0.4, 0.5) is 10.2 Å². The predicted octanol–water partition coefficient (Wildman–Crippen LogP) is 4.66. The van der Waals surface area contributed by atoms with E-state index in [9.17, 15) is 4.39 Å². The second-order valence-corrected chi connectivity index (χ2v) is 6.33. The molecule has 0 amide bonds. The summed E-state index contributed by atoms with van der Waals surface area (Å²) < 4.78 is 13.8. The van der Waals surface area contributed by atoms with Crippen LogP contribution in [0.25, 0.3) is 0 Å². The molecule has 0 bridgehead atoms. The molecule has 3 nitrogen and oxygen atoms in total. The molecule has 1 aromatic carbocycles. The summed E-state index contributed by atoms with van der Waals surface area (Å²) >= 11 is 5.14. The first-order valence-corrected chi connectivity index (χ1v) is 8.53. The molecule has 0 unspecified atom stereocenters. The Morgan fingerprint density at radius 1 is 1.24 bits per heavy atom. The minimum atomic E-state index is -0.220. The van der Waals surface area contributed by atoms with Gasteiger partial charge in [0.1, 0.15) is 17.5 Å². The summed E-state index contributed by atoms with van der Waals surface area (Å²) in [7, 11) is 1.85. The van der Waals surface area contributed by atoms with Gasteiger partial charge in [0.15, 0.2) is 0 Å². The van der Waals surface area contributed by atoms with Crippen LogP contribution in [-0.2, 0) is 12.2 Å². The normalized spacial score (nSPS) is 10.7. The van der Waals surface area contributed by atoms with Crippen molar-refractivity contribution in [1.29, 1.82) is 0 Å². The lowest BCUT2D eigenvalue weighted by molar-refractivity contribution is 0.626. The maximum absolute atomic E-state index is 12.9. The smallest absolute Gasteiger partial charge is 0.144 e. The van der Waals surface area contributed by atoms with Crippen molar-refractivity contribution >= 4 is 33.5 Å². The van der Waals surface area contributed by atoms with E-state index in [4.69, 9.17) is 0 Å². The van der Waals surface area contributed by atoms with Crippen molar-refractivity contribution in [2.45, 2.75) is 30.4 Å². The highest BCUT2D eigenvalue weighted by molar-refractivity contribution is 9.10. The number of aromatic nitrogens is 2. The molecule has 0 aliphatic heterocycles. The number of nitrogens with zero attached hydrogens (tertiary/aromatic N) is 2. The van der Waals surface area contributed by atoms with Gasteiger partial charge in [-0.1, -0.05) is 13.3 Å². The number of anilines is 1. The number of hydrogen-bond acceptors (Lipinski definition) is 4. The van der Waals surface area contributed by atoms with E-state index < -0.39 is 0 Å². The predicted molar refractivity (Wildman–Crippen MR) is 89.2 cm³/mol. The zero-order chi connectivity index (χ0) is 15.2. The van der Waals surface area contributed by atoms with Gasteiger partial charge in [0.2, 0.25) is 0 Å². The van der Waals surface area contributed by atoms with Crippen molar-refractivity contribution in [3.8, 4) is 0 Å². The summed E-state index contributed by atoms with van der Waals surface area (Å²) in [4.78, 5) is 10.1. The van der Waals surface area contributed by atoms with Crippen LogP contribution in [-0.4, -0.2) is 17.0 Å². The van der Waals surface area contributed by atoms with Crippen molar-refractivity contribution < 1.29 is 4.39 Å². The van der Waals surface area contributed by atoms with Gasteiger partial charge in [-0.3, -0.25) is 0 Å². The van der Waals surface area contributed by atoms with Gasteiger partial charge in [-0.25, -0.2) is 14.4 Å². The van der Waals surface area contributed by atoms with Gasteiger partial charge in [-0.05, 0) is 46.6 Å². The number of nitrogens with one attached hydrogen (secondary N) is 1. The second-order valence-electron chi connectivity index (χ2n) is 4.49. The lowest BCUT2D eigenvalue weighted by Gasteiger charge is -2.10. The molecule has 6 heteroatoms. The Kier molecular flexibility index (Phi) is 5.99. The van der Waals surface area contributed by atoms with Gasteiger partial charge in [0.25, 0.3) is 0 Å². The molecule has 0 saturated carbocycles. The average molecular weight is 370 g/mol. The van der Waals surface area contributed by atoms with E-state index >= 15 is 0 Å². The zero-order valence-electron chi connectivity index (χ0n) is 12.0. The Hall–Kier alpha value is -1.14. The molecule has 0 aliphatic carbocycles. The molecular weight excluding hydrogens is 353 g/mol. The van der Waals surface area contributed by atoms with Crippen molar-refractivity contribution in [3.05, 3.63) is 46.1 Å². The third-order valence-corrected chi connectivity index (χ3v) is 4.71. The van der Waals surface area contributed by atoms with Crippen LogP contribution < -0.4 is 5.32 Å². The lowest BCUT2D eigenvalue weighted by atomic mass is 10.2. The summed E-state index contributed by atoms with van der Waals surface area (Å²) in [6, 6.07) is 6.47. The summed E-state index contributed by atoms with van der Waals surface area (Å²) in [5.74, 6) is 2.02. The molecule has 0 radical (unpaired) electrons. The van der Waals surface area contributed by atoms with Crippen molar-refractivity contribution in [2.24, 2.45) is 0 Å². The number of aryl methyl sites for hydroxylation is 1. The van der Waals surface area contributed by atoms with E-state index in [-0.39, 0.29) is 5.82 Å². The highest BCUT2D eigenvalue weighted by Gasteiger charge is 2.11. The van der Waals surface area contributed by atoms with Crippen LogP contribution in [0.3, 0.4) is 0 Å². The summed E-state index contributed by atoms with van der Waals surface area (Å²) in [6.07, 6.45) is 1.94. The van der Waals surface area contributed by atoms with Crippen molar-refractivity contribution in [3.63, 3.8) is 0 Å². The molecule has 0 atom stereocenters. The van der Waals surface area contributed by atoms with Crippen molar-refractivity contribution in [1.82, 2.24) is 9.97 Å². The van der Waals surface area contributed by atoms with Gasteiger partial charge in [0.05, 0.1) is 15.9 Å². The number of benzene rings is 1. The minimum absolute atomic E-state index is 0.220. The first-order chi connectivity index (χ1) is 10.1. The van der Waals surface area contributed by atoms with Crippen LogP contribution in [0.5, 0.6) is 0 Å². The second kappa shape index (κ2) is 7.75. The molecule has 2 aromatic rings. The average Bonchev–Trinajstić information content (AvgIpc) is 2.49. The van der Waals surface area contributed by atoms with Crippen LogP contribution >= 0.6 is 27.7 Å². The fourth-order valence-corrected chi connectivity index (χ4v) is 3.18. The number of rotatable bonds is 6. The highest BCUT2D eigenvalue weighted by Crippen LogP contribution is 2.27. The third kappa shape index (κ3) is 4.41. The summed E-state index contributed by atoms with van der Waals surface area (Å²) in [5, 5.41) is 3.08. The molecule has 112 valence electrons. The molecule has 0 spiro atoms. The van der Waals surface area contributed by atoms with Crippen LogP contribution in [0.1, 0.15) is 24.9 Å². The molecule has 1 heterocycles. The van der Waals surface area contributed by atoms with Crippen LogP contribution in [0, 0.1) is 5.82 Å². The number of thioether (sulfide) groups is 1. The van der Waals surface area contributed by atoms with E-state index in [0.29, 0.717) is 5.75 Å². The largest absolute Gasteiger partial charge is 0.372 e. The first-order valence-electron chi connectivity index (χ1n) is 6.75. The SMILES string of the molecule is CCCc1nc(CSc2ccc(F)cc2)nc(NC)c1Br. The Morgan fingerprint density at radius 2 is 1.95 bits per heavy atom. The third-order valence-electron chi connectivity index (χ3n) is 2.87. The monoisotopic (exact) mass is 369 g/mol. The number of hydrogen-bond donors (Lipinski definition) is 1. The molecule has 0 saturated heterocycles. The molecule has 0 aliphatic rings. The van der Waals surface area contributed by atoms with Gasteiger partial charge in [-0.2, -0.15) is 0 Å². The van der Waals surface area contributed by atoms with E-state index in [1.54, 1.807) is 23.9 Å². The highest BCUT2D eigenvalue weighted by atomic mass is 79.9. The summed E-state index contributed by atoms with van der Waals surface area (Å²) in [6.45, 7) is 2.13. The first kappa shape index (κ1) is 16.2. The Bertz CT molecular complexity index is 605. The lowest BCUT2D eigenvalue weighted by Crippen LogP contribution is -2.05. The maximum atomic E-state index is 12.9. The fourth-order valence-electron chi connectivity index (χ4n) is 1.86. The van der Waals surface area contributed by atoms with Gasteiger partial charge < -0.3 is 5.32 Å². The molecule has 2 rings (SSSR count). The Balaban J connectivity index is 2.15. The van der Waals surface area contributed by atoms with Crippen molar-refractivity contribution in [2.75, 3.05) is 12.4 Å². The van der Waals surface area contributed by atoms with E-state index in [1.807, 2.05) is 7.05 Å². The van der Waals surface area contributed by atoms with E-state index in [1.165, 1.54) is 12.1 Å². The Morgan fingerprint density at radius 3 is 2.57 bits per heavy atom. The molecule has 1 N–H and O–H groups in total. The quantitative estimate of drug-likeness (QED) is 0.751. The van der Waals surface area contributed by atoms with Gasteiger partial charge in [-0.15, -0.1) is 11.8 Å². The molecular formula is C15H17BrFN3S. The fraction of sp³-hybridized carbons (Fsp3) is 0.333. The molecule has 0 fully saturated rings. The van der Waals surface area contributed by atoms with Crippen LogP contribution in [0.2, 0.25) is 0 Å². The van der Waals surface area contributed by atoms with Gasteiger partial charge in [0, 0.05) is 11.9 Å². The van der Waals surface area contributed by atoms with E-state index in [0.717, 1.165) is 39.5 Å². The standard InChI is InChI=1S/C15H17BrFN3S/c1-3-4-12-14(16)15(18-2)20-13(19-12)9-21-11-7-5-10(17)6-8-11/h5-8H,3-4,9H2,1-2H3,(H,18,19,20). The Labute approximate surface area is 136 Å². The van der Waals surface area contributed by atoms with E-state index in [2.05, 4.69) is 38.1 Å². The minimum Gasteiger partial charge on any atom is -0.372 e. The summed E-state index contributed by atoms with van der Waals surface area (Å²) in [5.41, 5.74) is 1.02. The maximum Gasteiger partial charge on any atom is 0.144 e.